The van der Waals surface area contributed by atoms with Gasteiger partial charge >= 0.3 is 0 Å². The molecular weight excluding hydrogens is 252 g/mol. The number of ether oxygens (including phenoxy) is 1. The molecule has 0 heterocycles. The first-order valence-corrected chi connectivity index (χ1v) is 6.43. The molecule has 1 aromatic carbocycles. The average Bonchev–Trinajstić information content (AvgIpc) is 3.13. The van der Waals surface area contributed by atoms with E-state index >= 15 is 0 Å². The number of benzene rings is 1. The Kier molecular flexibility index (Phi) is 4.44. The normalized spacial score (nSPS) is 14.3. The van der Waals surface area contributed by atoms with Crippen LogP contribution < -0.4 is 15.4 Å². The molecule has 5 heteroatoms. The smallest absolute Gasteiger partial charge is 0.225 e. The van der Waals surface area contributed by atoms with Gasteiger partial charge in [-0.1, -0.05) is 11.6 Å². The van der Waals surface area contributed by atoms with E-state index in [4.69, 9.17) is 16.3 Å². The van der Waals surface area contributed by atoms with Crippen LogP contribution in [0, 0.1) is 0 Å². The molecule has 98 valence electrons. The third kappa shape index (κ3) is 3.89. The first kappa shape index (κ1) is 13.2. The Morgan fingerprint density at radius 3 is 2.94 bits per heavy atom. The summed E-state index contributed by atoms with van der Waals surface area (Å²) in [6.45, 7) is 0.708. The number of anilines is 1. The van der Waals surface area contributed by atoms with Gasteiger partial charge in [-0.3, -0.25) is 4.79 Å². The molecule has 2 N–H and O–H groups in total. The van der Waals surface area contributed by atoms with Gasteiger partial charge < -0.3 is 15.4 Å². The summed E-state index contributed by atoms with van der Waals surface area (Å²) in [6.07, 6.45) is 2.90. The fraction of sp³-hybridized carbons (Fsp3) is 0.462. The topological polar surface area (TPSA) is 50.4 Å². The van der Waals surface area contributed by atoms with Crippen molar-refractivity contribution in [2.45, 2.75) is 25.3 Å². The lowest BCUT2D eigenvalue weighted by Gasteiger charge is -2.10. The lowest BCUT2D eigenvalue weighted by molar-refractivity contribution is -0.116. The number of methoxy groups -OCH3 is 1. The van der Waals surface area contributed by atoms with E-state index in [1.807, 2.05) is 0 Å². The molecule has 0 radical (unpaired) electrons. The van der Waals surface area contributed by atoms with E-state index in [-0.39, 0.29) is 5.91 Å². The summed E-state index contributed by atoms with van der Waals surface area (Å²) >= 11 is 5.89. The maximum Gasteiger partial charge on any atom is 0.225 e. The fourth-order valence-electron chi connectivity index (χ4n) is 1.67. The molecule has 0 unspecified atom stereocenters. The van der Waals surface area contributed by atoms with Gasteiger partial charge in [0.15, 0.2) is 0 Å². The van der Waals surface area contributed by atoms with Gasteiger partial charge in [-0.2, -0.15) is 0 Å². The molecule has 0 spiro atoms. The Morgan fingerprint density at radius 1 is 1.50 bits per heavy atom. The highest BCUT2D eigenvalue weighted by molar-refractivity contribution is 6.31. The van der Waals surface area contributed by atoms with Crippen LogP contribution in [0.4, 0.5) is 5.69 Å². The van der Waals surface area contributed by atoms with Crippen molar-refractivity contribution in [3.05, 3.63) is 23.2 Å². The number of rotatable bonds is 6. The lowest BCUT2D eigenvalue weighted by atomic mass is 10.2. The zero-order valence-electron chi connectivity index (χ0n) is 10.3. The van der Waals surface area contributed by atoms with Crippen molar-refractivity contribution in [2.75, 3.05) is 19.0 Å². The summed E-state index contributed by atoms with van der Waals surface area (Å²) in [4.78, 5) is 11.7. The number of amides is 1. The first-order valence-electron chi connectivity index (χ1n) is 6.06. The number of nitrogens with one attached hydrogen (secondary N) is 2. The van der Waals surface area contributed by atoms with E-state index in [9.17, 15) is 4.79 Å². The van der Waals surface area contributed by atoms with Crippen LogP contribution in [0.5, 0.6) is 5.75 Å². The van der Waals surface area contributed by atoms with Crippen molar-refractivity contribution in [3.8, 4) is 5.75 Å². The summed E-state index contributed by atoms with van der Waals surface area (Å²) in [5, 5.41) is 6.67. The van der Waals surface area contributed by atoms with E-state index in [2.05, 4.69) is 10.6 Å². The lowest BCUT2D eigenvalue weighted by Crippen LogP contribution is -2.23. The molecule has 0 saturated heterocycles. The molecule has 1 aromatic rings. The number of halogens is 1. The maximum absolute atomic E-state index is 11.7. The molecular formula is C13H17ClN2O2. The largest absolute Gasteiger partial charge is 0.495 e. The van der Waals surface area contributed by atoms with Crippen LogP contribution in [0.3, 0.4) is 0 Å². The molecule has 1 amide bonds. The van der Waals surface area contributed by atoms with Crippen molar-refractivity contribution in [1.82, 2.24) is 5.32 Å². The SMILES string of the molecule is COc1ccc(Cl)cc1NC(=O)CCNC1CC1. The predicted octanol–water partition coefficient (Wildman–Crippen LogP) is 2.43. The monoisotopic (exact) mass is 268 g/mol. The third-order valence-electron chi connectivity index (χ3n) is 2.80. The molecule has 0 atom stereocenters. The highest BCUT2D eigenvalue weighted by Crippen LogP contribution is 2.27. The Morgan fingerprint density at radius 2 is 2.28 bits per heavy atom. The molecule has 1 saturated carbocycles. The van der Waals surface area contributed by atoms with E-state index in [1.54, 1.807) is 25.3 Å². The van der Waals surface area contributed by atoms with E-state index in [0.717, 1.165) is 0 Å². The average molecular weight is 269 g/mol. The maximum atomic E-state index is 11.7. The molecule has 1 aliphatic carbocycles. The Labute approximate surface area is 112 Å². The van der Waals surface area contributed by atoms with Gasteiger partial charge in [-0.15, -0.1) is 0 Å². The van der Waals surface area contributed by atoms with Crippen molar-refractivity contribution in [1.29, 1.82) is 0 Å². The molecule has 0 aromatic heterocycles. The van der Waals surface area contributed by atoms with Gasteiger partial charge in [-0.05, 0) is 31.0 Å². The van der Waals surface area contributed by atoms with Gasteiger partial charge in [-0.25, -0.2) is 0 Å². The summed E-state index contributed by atoms with van der Waals surface area (Å²) < 4.78 is 5.16. The minimum atomic E-state index is -0.0382. The van der Waals surface area contributed by atoms with Crippen molar-refractivity contribution < 1.29 is 9.53 Å². The summed E-state index contributed by atoms with van der Waals surface area (Å²) in [6, 6.07) is 5.77. The van der Waals surface area contributed by atoms with Crippen molar-refractivity contribution in [2.24, 2.45) is 0 Å². The van der Waals surface area contributed by atoms with E-state index in [0.29, 0.717) is 35.5 Å². The number of carbonyl (C=O) groups is 1. The Bertz CT molecular complexity index is 433. The van der Waals surface area contributed by atoms with Gasteiger partial charge in [0, 0.05) is 24.0 Å². The van der Waals surface area contributed by atoms with Gasteiger partial charge in [0.25, 0.3) is 0 Å². The van der Waals surface area contributed by atoms with Gasteiger partial charge in [0.05, 0.1) is 12.8 Å². The molecule has 4 nitrogen and oxygen atoms in total. The second kappa shape index (κ2) is 6.07. The van der Waals surface area contributed by atoms with Crippen LogP contribution in [0.1, 0.15) is 19.3 Å². The summed E-state index contributed by atoms with van der Waals surface area (Å²) in [7, 11) is 1.56. The van der Waals surface area contributed by atoms with E-state index < -0.39 is 0 Å². The molecule has 0 aliphatic heterocycles. The van der Waals surface area contributed by atoms with E-state index in [1.165, 1.54) is 12.8 Å². The predicted molar refractivity (Wildman–Crippen MR) is 72.3 cm³/mol. The number of hydrogen-bond acceptors (Lipinski definition) is 3. The molecule has 1 aliphatic rings. The van der Waals surface area contributed by atoms with Crippen LogP contribution in [-0.4, -0.2) is 25.6 Å². The zero-order valence-corrected chi connectivity index (χ0v) is 11.1. The minimum Gasteiger partial charge on any atom is -0.495 e. The van der Waals surface area contributed by atoms with Crippen LogP contribution in [0.2, 0.25) is 5.02 Å². The third-order valence-corrected chi connectivity index (χ3v) is 3.03. The summed E-state index contributed by atoms with van der Waals surface area (Å²) in [5.74, 6) is 0.576. The molecule has 18 heavy (non-hydrogen) atoms. The molecule has 2 rings (SSSR count). The van der Waals surface area contributed by atoms with Crippen molar-refractivity contribution >= 4 is 23.2 Å². The van der Waals surface area contributed by atoms with Gasteiger partial charge in [0.2, 0.25) is 5.91 Å². The Balaban J connectivity index is 1.86. The quantitative estimate of drug-likeness (QED) is 0.833. The van der Waals surface area contributed by atoms with Gasteiger partial charge in [0.1, 0.15) is 5.75 Å². The number of hydrogen-bond donors (Lipinski definition) is 2. The van der Waals surface area contributed by atoms with Crippen molar-refractivity contribution in [3.63, 3.8) is 0 Å². The highest BCUT2D eigenvalue weighted by Gasteiger charge is 2.20. The second-order valence-corrected chi connectivity index (χ2v) is 4.81. The van der Waals surface area contributed by atoms with Crippen LogP contribution in [-0.2, 0) is 4.79 Å². The zero-order chi connectivity index (χ0) is 13.0. The first-order chi connectivity index (χ1) is 8.69. The van der Waals surface area contributed by atoms with Crippen LogP contribution >= 0.6 is 11.6 Å². The number of carbonyl (C=O) groups excluding carboxylic acids is 1. The Hall–Kier alpha value is -1.26. The van der Waals surface area contributed by atoms with Crippen LogP contribution in [0.25, 0.3) is 0 Å². The summed E-state index contributed by atoms with van der Waals surface area (Å²) in [5.41, 5.74) is 0.612. The standard InChI is InChI=1S/C13H17ClN2O2/c1-18-12-5-2-9(14)8-11(12)16-13(17)6-7-15-10-3-4-10/h2,5,8,10,15H,3-4,6-7H2,1H3,(H,16,17). The van der Waals surface area contributed by atoms with Crippen LogP contribution in [0.15, 0.2) is 18.2 Å². The second-order valence-electron chi connectivity index (χ2n) is 4.37. The molecule has 1 fully saturated rings. The molecule has 0 bridgehead atoms. The minimum absolute atomic E-state index is 0.0382. The highest BCUT2D eigenvalue weighted by atomic mass is 35.5. The fourth-order valence-corrected chi connectivity index (χ4v) is 1.84.